The molecule has 0 spiro atoms. The maximum Gasteiger partial charge on any atom is 0.238 e. The Bertz CT molecular complexity index is 483. The van der Waals surface area contributed by atoms with Crippen molar-refractivity contribution in [1.82, 2.24) is 4.98 Å². The van der Waals surface area contributed by atoms with Gasteiger partial charge in [0.2, 0.25) is 5.91 Å². The molecule has 0 fully saturated rings. The standard InChI is InChI=1S/C8H6N3OS.CH3.Y/c9-7-4-1-2-13-6(4)5(3-11-7)8(10)12;;/h1,3H,(H2,9,11)(H2,10,12);1H3;/q2*-1;. The molecule has 4 N–H and O–H groups in total. The molecule has 2 rings (SSSR count). The second kappa shape index (κ2) is 5.54. The molecule has 6 heteroatoms. The Hall–Kier alpha value is -0.516. The van der Waals surface area contributed by atoms with Crippen LogP contribution < -0.4 is 11.5 Å². The first kappa shape index (κ1) is 14.5. The predicted octanol–water partition coefficient (Wildman–Crippen LogP) is 1.23. The molecule has 1 amide bonds. The molecule has 15 heavy (non-hydrogen) atoms. The summed E-state index contributed by atoms with van der Waals surface area (Å²) in [5.74, 6) is -0.0918. The van der Waals surface area contributed by atoms with Crippen LogP contribution in [0.1, 0.15) is 10.4 Å². The zero-order valence-corrected chi connectivity index (χ0v) is 11.8. The van der Waals surface area contributed by atoms with E-state index in [2.05, 4.69) is 10.4 Å². The molecule has 77 valence electrons. The number of thiophene rings is 1. The third-order valence-electron chi connectivity index (χ3n) is 1.73. The van der Waals surface area contributed by atoms with Crippen LogP contribution in [0, 0.1) is 12.8 Å². The maximum atomic E-state index is 11.0. The second-order valence-electron chi connectivity index (χ2n) is 2.53. The number of carbonyl (C=O) groups is 1. The largest absolute Gasteiger partial charge is 0.394 e. The molecule has 2 aromatic heterocycles. The molecule has 4 nitrogen and oxygen atoms in total. The number of amides is 1. The van der Waals surface area contributed by atoms with Crippen LogP contribution in [0.15, 0.2) is 12.3 Å². The van der Waals surface area contributed by atoms with E-state index >= 15 is 0 Å². The van der Waals surface area contributed by atoms with E-state index in [0.717, 1.165) is 10.1 Å². The van der Waals surface area contributed by atoms with Gasteiger partial charge in [0.05, 0.1) is 5.82 Å². The minimum absolute atomic E-state index is 0. The van der Waals surface area contributed by atoms with E-state index in [9.17, 15) is 4.79 Å². The predicted molar refractivity (Wildman–Crippen MR) is 57.8 cm³/mol. The summed E-state index contributed by atoms with van der Waals surface area (Å²) in [5.41, 5.74) is 11.2. The van der Waals surface area contributed by atoms with Crippen molar-refractivity contribution in [3.8, 4) is 0 Å². The van der Waals surface area contributed by atoms with Gasteiger partial charge in [0.15, 0.2) is 0 Å². The molecule has 0 aliphatic heterocycles. The molecule has 0 unspecified atom stereocenters. The molecule has 0 atom stereocenters. The Morgan fingerprint density at radius 1 is 1.53 bits per heavy atom. The molecule has 0 saturated heterocycles. The third kappa shape index (κ3) is 2.54. The molecule has 0 bridgehead atoms. The first-order valence-corrected chi connectivity index (χ1v) is 4.35. The number of nitrogens with two attached hydrogens (primary N) is 2. The van der Waals surface area contributed by atoms with Crippen LogP contribution in [0.3, 0.4) is 0 Å². The molecule has 0 saturated carbocycles. The zero-order valence-electron chi connectivity index (χ0n) is 8.15. The van der Waals surface area contributed by atoms with Crippen LogP contribution in [0.2, 0.25) is 0 Å². The van der Waals surface area contributed by atoms with E-state index in [1.807, 2.05) is 0 Å². The number of hydrogen-bond acceptors (Lipinski definition) is 4. The molecule has 0 aromatic carbocycles. The summed E-state index contributed by atoms with van der Waals surface area (Å²) < 4.78 is 0.750. The number of nitrogen functional groups attached to an aromatic ring is 1. The minimum Gasteiger partial charge on any atom is -0.394 e. The van der Waals surface area contributed by atoms with Gasteiger partial charge in [-0.1, -0.05) is 0 Å². The summed E-state index contributed by atoms with van der Waals surface area (Å²) in [7, 11) is 0. The van der Waals surface area contributed by atoms with Crippen molar-refractivity contribution in [2.45, 2.75) is 0 Å². The van der Waals surface area contributed by atoms with Gasteiger partial charge in [-0.05, 0) is 0 Å². The van der Waals surface area contributed by atoms with Gasteiger partial charge in [0.1, 0.15) is 0 Å². The van der Waals surface area contributed by atoms with Gasteiger partial charge >= 0.3 is 0 Å². The number of fused-ring (bicyclic) bond motifs is 1. The molecule has 0 aliphatic rings. The van der Waals surface area contributed by atoms with Crippen molar-refractivity contribution in [3.63, 3.8) is 0 Å². The normalized spacial score (nSPS) is 9.07. The number of aromatic nitrogens is 1. The fourth-order valence-corrected chi connectivity index (χ4v) is 1.93. The van der Waals surface area contributed by atoms with Crippen molar-refractivity contribution in [2.75, 3.05) is 5.73 Å². The summed E-state index contributed by atoms with van der Waals surface area (Å²) in [5, 5.41) is 3.63. The quantitative estimate of drug-likeness (QED) is 0.776. The molecule has 2 heterocycles. The van der Waals surface area contributed by atoms with Crippen LogP contribution in [-0.4, -0.2) is 10.9 Å². The average molecular weight is 296 g/mol. The van der Waals surface area contributed by atoms with Gasteiger partial charge in [0.25, 0.3) is 0 Å². The zero-order chi connectivity index (χ0) is 9.42. The van der Waals surface area contributed by atoms with Crippen molar-refractivity contribution < 1.29 is 37.5 Å². The SMILES string of the molecule is NC(=O)c1cnc(N)c2c[c-]sc12.[CH3-].[Y]. The summed E-state index contributed by atoms with van der Waals surface area (Å²) in [6.45, 7) is 0. The topological polar surface area (TPSA) is 82.0 Å². The smallest absolute Gasteiger partial charge is 0.238 e. The average Bonchev–Trinajstić information content (AvgIpc) is 2.53. The van der Waals surface area contributed by atoms with Crippen LogP contribution in [-0.2, 0) is 32.7 Å². The summed E-state index contributed by atoms with van der Waals surface area (Å²) in [6.07, 6.45) is 1.39. The summed E-state index contributed by atoms with van der Waals surface area (Å²) >= 11 is 1.31. The van der Waals surface area contributed by atoms with Crippen LogP contribution in [0.25, 0.3) is 10.1 Å². The molecule has 2 aromatic rings. The number of carbonyl (C=O) groups excluding carboxylic acids is 1. The van der Waals surface area contributed by atoms with E-state index in [-0.39, 0.29) is 40.1 Å². The van der Waals surface area contributed by atoms with Crippen LogP contribution in [0.4, 0.5) is 5.82 Å². The fourth-order valence-electron chi connectivity index (χ4n) is 1.10. The number of anilines is 1. The number of rotatable bonds is 1. The van der Waals surface area contributed by atoms with E-state index in [1.54, 1.807) is 6.07 Å². The Morgan fingerprint density at radius 3 is 2.80 bits per heavy atom. The van der Waals surface area contributed by atoms with Gasteiger partial charge in [0, 0.05) is 44.5 Å². The van der Waals surface area contributed by atoms with Gasteiger partial charge in [-0.15, -0.1) is 15.5 Å². The van der Waals surface area contributed by atoms with E-state index in [0.29, 0.717) is 11.4 Å². The van der Waals surface area contributed by atoms with Gasteiger partial charge in [-0.2, -0.15) is 6.07 Å². The van der Waals surface area contributed by atoms with Gasteiger partial charge < -0.3 is 18.9 Å². The maximum absolute atomic E-state index is 11.0. The Labute approximate surface area is 117 Å². The number of hydrogen-bond donors (Lipinski definition) is 2. The Kier molecular flexibility index (Phi) is 5.35. The van der Waals surface area contributed by atoms with Crippen molar-refractivity contribution in [3.05, 3.63) is 30.6 Å². The van der Waals surface area contributed by atoms with E-state index < -0.39 is 5.91 Å². The summed E-state index contributed by atoms with van der Waals surface area (Å²) in [6, 6.07) is 1.70. The molecular formula is C9H9N3OSY-2. The van der Waals surface area contributed by atoms with Gasteiger partial charge in [-0.3, -0.25) is 21.1 Å². The number of pyridine rings is 1. The first-order chi connectivity index (χ1) is 6.20. The molecular weight excluding hydrogens is 287 g/mol. The second-order valence-corrected chi connectivity index (χ2v) is 3.38. The van der Waals surface area contributed by atoms with Crippen molar-refractivity contribution in [2.24, 2.45) is 5.73 Å². The van der Waals surface area contributed by atoms with E-state index in [4.69, 9.17) is 11.5 Å². The minimum atomic E-state index is -0.492. The fraction of sp³-hybridized carbons (Fsp3) is 0. The van der Waals surface area contributed by atoms with Crippen molar-refractivity contribution in [1.29, 1.82) is 0 Å². The Morgan fingerprint density at radius 2 is 2.20 bits per heavy atom. The Balaban J connectivity index is 0.000000980. The summed E-state index contributed by atoms with van der Waals surface area (Å²) in [4.78, 5) is 14.8. The van der Waals surface area contributed by atoms with Crippen LogP contribution >= 0.6 is 11.3 Å². The van der Waals surface area contributed by atoms with Gasteiger partial charge in [-0.25, -0.2) is 0 Å². The number of nitrogens with zero attached hydrogens (tertiary/aromatic N) is 1. The van der Waals surface area contributed by atoms with Crippen LogP contribution in [0.5, 0.6) is 0 Å². The van der Waals surface area contributed by atoms with Crippen molar-refractivity contribution >= 4 is 33.1 Å². The van der Waals surface area contributed by atoms with E-state index in [1.165, 1.54) is 17.5 Å². The molecule has 1 radical (unpaired) electrons. The third-order valence-corrected chi connectivity index (χ3v) is 2.61. The first-order valence-electron chi connectivity index (χ1n) is 3.54. The monoisotopic (exact) mass is 296 g/mol. The molecule has 0 aliphatic carbocycles. The number of primary amides is 1.